The standard InChI is InChI=1S/C30H23F3N6O5S/c31-30(32,33)17-44-21-7-8-22-20(12-21)10-11-29(22)13-23-25(27(40)36-29)26(39(37-23)24-9-6-19(14-34)15-35-24)28(41)38-45(42,43)16-18-4-2-1-3-5-18/h1-9,12,15H,10-11,13,16-17H2,(H,36,40)(H,38,41)/t29-/m0/s1. The molecule has 230 valence electrons. The first-order chi connectivity index (χ1) is 21.4. The number of hydrogen-bond acceptors (Lipinski definition) is 8. The van der Waals surface area contributed by atoms with E-state index in [0.29, 0.717) is 29.5 Å². The highest BCUT2D eigenvalue weighted by Gasteiger charge is 2.47. The molecule has 4 aromatic rings. The number of rotatable bonds is 7. The molecular weight excluding hydrogens is 613 g/mol. The van der Waals surface area contributed by atoms with Crippen LogP contribution in [0.25, 0.3) is 5.82 Å². The van der Waals surface area contributed by atoms with Crippen molar-refractivity contribution in [2.24, 2.45) is 0 Å². The Labute approximate surface area is 254 Å². The average molecular weight is 637 g/mol. The predicted octanol–water partition coefficient (Wildman–Crippen LogP) is 3.47. The SMILES string of the molecule is N#Cc1ccc(-n2nc3c(c2C(=O)NS(=O)(=O)Cc2ccccc2)C(=O)N[C@@]2(CCc4cc(OCC(F)(F)F)ccc42)C3)nc1. The van der Waals surface area contributed by atoms with Crippen molar-refractivity contribution >= 4 is 21.8 Å². The van der Waals surface area contributed by atoms with E-state index in [4.69, 9.17) is 4.74 Å². The number of ether oxygens (including phenoxy) is 1. The zero-order valence-corrected chi connectivity index (χ0v) is 24.1. The van der Waals surface area contributed by atoms with Crippen molar-refractivity contribution in [3.63, 3.8) is 0 Å². The normalized spacial score (nSPS) is 17.2. The van der Waals surface area contributed by atoms with Gasteiger partial charge in [0.15, 0.2) is 12.4 Å². The number of nitrogens with zero attached hydrogens (tertiary/aromatic N) is 4. The first-order valence-electron chi connectivity index (χ1n) is 13.6. The lowest BCUT2D eigenvalue weighted by Crippen LogP contribution is -2.50. The van der Waals surface area contributed by atoms with Gasteiger partial charge in [-0.1, -0.05) is 36.4 Å². The van der Waals surface area contributed by atoms with Gasteiger partial charge in [0.1, 0.15) is 17.5 Å². The number of hydrogen-bond donors (Lipinski definition) is 2. The number of nitriles is 1. The molecule has 2 aromatic heterocycles. The van der Waals surface area contributed by atoms with Crippen LogP contribution in [0.3, 0.4) is 0 Å². The molecule has 6 rings (SSSR count). The molecule has 0 bridgehead atoms. The third-order valence-corrected chi connectivity index (χ3v) is 8.79. The number of alkyl halides is 3. The molecule has 1 aliphatic carbocycles. The van der Waals surface area contributed by atoms with Gasteiger partial charge in [0, 0.05) is 12.6 Å². The quantitative estimate of drug-likeness (QED) is 0.313. The van der Waals surface area contributed by atoms with Gasteiger partial charge in [-0.2, -0.15) is 23.5 Å². The molecule has 2 amide bonds. The van der Waals surface area contributed by atoms with E-state index in [1.807, 2.05) is 10.8 Å². The Morgan fingerprint density at radius 3 is 2.62 bits per heavy atom. The fourth-order valence-electron chi connectivity index (χ4n) is 5.70. The first kappa shape index (κ1) is 29.8. The monoisotopic (exact) mass is 636 g/mol. The summed E-state index contributed by atoms with van der Waals surface area (Å²) in [4.78, 5) is 31.6. The van der Waals surface area contributed by atoms with Crippen LogP contribution in [0.15, 0.2) is 66.9 Å². The molecule has 15 heteroatoms. The lowest BCUT2D eigenvalue weighted by Gasteiger charge is -2.35. The van der Waals surface area contributed by atoms with Crippen molar-refractivity contribution in [3.05, 3.63) is 106 Å². The van der Waals surface area contributed by atoms with E-state index in [1.165, 1.54) is 30.5 Å². The summed E-state index contributed by atoms with van der Waals surface area (Å²) in [6, 6.07) is 17.5. The Bertz CT molecular complexity index is 1970. The van der Waals surface area contributed by atoms with Crippen LogP contribution >= 0.6 is 0 Å². The van der Waals surface area contributed by atoms with Gasteiger partial charge < -0.3 is 10.1 Å². The van der Waals surface area contributed by atoms with E-state index >= 15 is 0 Å². The van der Waals surface area contributed by atoms with Gasteiger partial charge in [0.2, 0.25) is 10.0 Å². The van der Waals surface area contributed by atoms with Crippen molar-refractivity contribution in [1.29, 1.82) is 5.26 Å². The van der Waals surface area contributed by atoms with Crippen molar-refractivity contribution in [2.45, 2.75) is 36.7 Å². The predicted molar refractivity (Wildman–Crippen MR) is 152 cm³/mol. The van der Waals surface area contributed by atoms with Crippen LogP contribution in [-0.2, 0) is 34.2 Å². The lowest BCUT2D eigenvalue weighted by molar-refractivity contribution is -0.153. The fraction of sp³-hybridized carbons (Fsp3) is 0.233. The maximum Gasteiger partial charge on any atom is 0.422 e. The van der Waals surface area contributed by atoms with E-state index in [0.717, 1.165) is 4.68 Å². The summed E-state index contributed by atoms with van der Waals surface area (Å²) in [6.07, 6.45) is -2.33. The van der Waals surface area contributed by atoms with Crippen LogP contribution in [0.2, 0.25) is 0 Å². The zero-order valence-electron chi connectivity index (χ0n) is 23.3. The number of fused-ring (bicyclic) bond motifs is 3. The summed E-state index contributed by atoms with van der Waals surface area (Å²) in [5.74, 6) is -2.18. The molecule has 1 atom stereocenters. The van der Waals surface area contributed by atoms with Crippen LogP contribution in [0.1, 0.15) is 55.2 Å². The van der Waals surface area contributed by atoms with Gasteiger partial charge in [-0.05, 0) is 53.8 Å². The summed E-state index contributed by atoms with van der Waals surface area (Å²) in [5, 5.41) is 16.7. The van der Waals surface area contributed by atoms with Crippen LogP contribution in [0.5, 0.6) is 5.75 Å². The Balaban J connectivity index is 1.37. The van der Waals surface area contributed by atoms with Gasteiger partial charge in [0.25, 0.3) is 11.8 Å². The molecule has 0 saturated carbocycles. The summed E-state index contributed by atoms with van der Waals surface area (Å²) in [6.45, 7) is -1.44. The highest BCUT2D eigenvalue weighted by Crippen LogP contribution is 2.44. The molecule has 2 N–H and O–H groups in total. The van der Waals surface area contributed by atoms with E-state index in [2.05, 4.69) is 15.4 Å². The van der Waals surface area contributed by atoms with Crippen LogP contribution in [0, 0.1) is 11.3 Å². The highest BCUT2D eigenvalue weighted by atomic mass is 32.2. The fourth-order valence-corrected chi connectivity index (χ4v) is 6.79. The van der Waals surface area contributed by atoms with Gasteiger partial charge >= 0.3 is 6.18 Å². The van der Waals surface area contributed by atoms with E-state index in [-0.39, 0.29) is 40.5 Å². The molecule has 2 aliphatic rings. The molecule has 1 spiro atoms. The minimum atomic E-state index is -4.50. The van der Waals surface area contributed by atoms with Gasteiger partial charge in [-0.3, -0.25) is 9.59 Å². The largest absolute Gasteiger partial charge is 0.484 e. The molecule has 0 fully saturated rings. The van der Waals surface area contributed by atoms with Crippen LogP contribution in [-0.4, -0.2) is 47.8 Å². The second kappa shape index (κ2) is 11.0. The molecule has 2 aromatic carbocycles. The summed E-state index contributed by atoms with van der Waals surface area (Å²) in [5.41, 5.74) is 0.740. The van der Waals surface area contributed by atoms with E-state index < -0.39 is 45.9 Å². The topological polar surface area (TPSA) is 156 Å². The van der Waals surface area contributed by atoms with Gasteiger partial charge in [0.05, 0.1) is 28.1 Å². The number of aromatic nitrogens is 3. The second-order valence-electron chi connectivity index (χ2n) is 10.7. The van der Waals surface area contributed by atoms with Gasteiger partial charge in [-0.15, -0.1) is 0 Å². The Hall–Kier alpha value is -5.23. The third-order valence-electron chi connectivity index (χ3n) is 7.58. The number of pyridine rings is 1. The zero-order chi connectivity index (χ0) is 32.0. The lowest BCUT2D eigenvalue weighted by atomic mass is 9.82. The van der Waals surface area contributed by atoms with Crippen molar-refractivity contribution in [2.75, 3.05) is 6.61 Å². The number of benzene rings is 2. The average Bonchev–Trinajstić information content (AvgIpc) is 3.54. The molecule has 0 unspecified atom stereocenters. The van der Waals surface area contributed by atoms with Crippen LogP contribution in [0.4, 0.5) is 13.2 Å². The van der Waals surface area contributed by atoms with Crippen LogP contribution < -0.4 is 14.8 Å². The summed E-state index contributed by atoms with van der Waals surface area (Å²) in [7, 11) is -4.21. The maximum absolute atomic E-state index is 13.8. The molecule has 11 nitrogen and oxygen atoms in total. The Morgan fingerprint density at radius 2 is 1.93 bits per heavy atom. The highest BCUT2D eigenvalue weighted by molar-refractivity contribution is 7.89. The number of halogens is 3. The smallest absolute Gasteiger partial charge is 0.422 e. The molecule has 3 heterocycles. The second-order valence-corrected chi connectivity index (χ2v) is 12.4. The number of amides is 2. The molecule has 45 heavy (non-hydrogen) atoms. The molecule has 0 saturated heterocycles. The molecule has 0 radical (unpaired) electrons. The van der Waals surface area contributed by atoms with Crippen molar-refractivity contribution in [3.8, 4) is 17.6 Å². The van der Waals surface area contributed by atoms with Crippen molar-refractivity contribution in [1.82, 2.24) is 24.8 Å². The van der Waals surface area contributed by atoms with Gasteiger partial charge in [-0.25, -0.2) is 22.8 Å². The van der Waals surface area contributed by atoms with E-state index in [1.54, 1.807) is 36.4 Å². The number of sulfonamides is 1. The Morgan fingerprint density at radius 1 is 1.16 bits per heavy atom. The summed E-state index contributed by atoms with van der Waals surface area (Å²) < 4.78 is 71.9. The number of carbonyl (C=O) groups is 2. The number of nitrogens with one attached hydrogen (secondary N) is 2. The third kappa shape index (κ3) is 5.96. The maximum atomic E-state index is 13.8. The molecule has 1 aliphatic heterocycles. The minimum Gasteiger partial charge on any atom is -0.484 e. The minimum absolute atomic E-state index is 0.0396. The van der Waals surface area contributed by atoms with E-state index in [9.17, 15) is 36.4 Å². The number of carbonyl (C=O) groups excluding carboxylic acids is 2. The summed E-state index contributed by atoms with van der Waals surface area (Å²) >= 11 is 0. The number of aryl methyl sites for hydroxylation is 1. The van der Waals surface area contributed by atoms with Crippen molar-refractivity contribution < 1.29 is 35.9 Å². The molecular formula is C30H23F3N6O5S. The Kier molecular flexibility index (Phi) is 7.32. The first-order valence-corrected chi connectivity index (χ1v) is 15.2.